The number of hydrogen-bond acceptors (Lipinski definition) is 10. The number of likely N-dealkylation sites (tertiary alicyclic amines) is 1. The first-order valence-corrected chi connectivity index (χ1v) is 12.5. The predicted molar refractivity (Wildman–Crippen MR) is 133 cm³/mol. The first-order chi connectivity index (χ1) is 16.1. The lowest BCUT2D eigenvalue weighted by Gasteiger charge is -2.53. The summed E-state index contributed by atoms with van der Waals surface area (Å²) in [6.45, 7) is 17.3. The van der Waals surface area contributed by atoms with E-state index in [0.717, 1.165) is 25.7 Å². The zero-order chi connectivity index (χ0) is 26.2. The lowest BCUT2D eigenvalue weighted by molar-refractivity contribution is -0.275. The SMILES string of the molecule is CON1C(C)(C)CC(Oc2nc(OCCO)nc(OC3CC(C)(C)N(C)C(C)(C)C3)n2)CC1(C)C. The van der Waals surface area contributed by atoms with Gasteiger partial charge >= 0.3 is 18.0 Å². The third-order valence-electron chi connectivity index (χ3n) is 7.45. The molecule has 3 heterocycles. The van der Waals surface area contributed by atoms with E-state index in [1.807, 2.05) is 5.06 Å². The van der Waals surface area contributed by atoms with Crippen molar-refractivity contribution in [2.75, 3.05) is 27.4 Å². The maximum atomic E-state index is 9.21. The molecule has 2 aliphatic rings. The van der Waals surface area contributed by atoms with Gasteiger partial charge in [-0.05, 0) is 62.4 Å². The molecule has 0 unspecified atom stereocenters. The Kier molecular flexibility index (Phi) is 7.91. The molecule has 2 fully saturated rings. The van der Waals surface area contributed by atoms with Crippen LogP contribution in [0.1, 0.15) is 81.1 Å². The van der Waals surface area contributed by atoms with Gasteiger partial charge in [-0.25, -0.2) is 0 Å². The fourth-order valence-corrected chi connectivity index (χ4v) is 6.04. The van der Waals surface area contributed by atoms with Crippen LogP contribution in [0.5, 0.6) is 18.0 Å². The van der Waals surface area contributed by atoms with E-state index in [1.165, 1.54) is 0 Å². The highest BCUT2D eigenvalue weighted by Crippen LogP contribution is 2.40. The molecule has 0 saturated carbocycles. The van der Waals surface area contributed by atoms with Crippen molar-refractivity contribution in [3.8, 4) is 18.0 Å². The summed E-state index contributed by atoms with van der Waals surface area (Å²) < 4.78 is 18.1. The zero-order valence-electron chi connectivity index (χ0n) is 23.2. The molecule has 0 aliphatic carbocycles. The molecular formula is C25H45N5O5. The van der Waals surface area contributed by atoms with Crippen LogP contribution in [0.3, 0.4) is 0 Å². The summed E-state index contributed by atoms with van der Waals surface area (Å²) in [5.74, 6) is 0. The second kappa shape index (κ2) is 9.95. The number of ether oxygens (including phenoxy) is 3. The van der Waals surface area contributed by atoms with E-state index < -0.39 is 0 Å². The first-order valence-electron chi connectivity index (χ1n) is 12.5. The van der Waals surface area contributed by atoms with Crippen LogP contribution in [0.15, 0.2) is 0 Å². The Morgan fingerprint density at radius 2 is 1.14 bits per heavy atom. The van der Waals surface area contributed by atoms with E-state index in [9.17, 15) is 5.11 Å². The minimum atomic E-state index is -0.241. The van der Waals surface area contributed by atoms with Crippen LogP contribution < -0.4 is 14.2 Å². The monoisotopic (exact) mass is 495 g/mol. The van der Waals surface area contributed by atoms with Gasteiger partial charge in [0.05, 0.1) is 13.7 Å². The number of piperidine rings is 2. The van der Waals surface area contributed by atoms with Gasteiger partial charge in [-0.2, -0.15) is 5.06 Å². The molecule has 35 heavy (non-hydrogen) atoms. The number of rotatable bonds is 8. The quantitative estimate of drug-likeness (QED) is 0.578. The van der Waals surface area contributed by atoms with Crippen LogP contribution in [-0.2, 0) is 4.84 Å². The van der Waals surface area contributed by atoms with Crippen LogP contribution in [-0.4, -0.2) is 91.8 Å². The fraction of sp³-hybridized carbons (Fsp3) is 0.880. The summed E-state index contributed by atoms with van der Waals surface area (Å²) in [4.78, 5) is 21.3. The second-order valence-electron chi connectivity index (χ2n) is 12.3. The Hall–Kier alpha value is -1.75. The third kappa shape index (κ3) is 6.34. The first kappa shape index (κ1) is 27.8. The van der Waals surface area contributed by atoms with E-state index in [1.54, 1.807) is 7.11 Å². The summed E-state index contributed by atoms with van der Waals surface area (Å²) in [5.41, 5.74) is -0.562. The van der Waals surface area contributed by atoms with Gasteiger partial charge in [0.2, 0.25) is 0 Å². The van der Waals surface area contributed by atoms with E-state index in [0.29, 0.717) is 0 Å². The van der Waals surface area contributed by atoms with Crippen molar-refractivity contribution < 1.29 is 24.2 Å². The maximum absolute atomic E-state index is 9.21. The molecule has 3 rings (SSSR count). The topological polar surface area (TPSA) is 102 Å². The summed E-state index contributed by atoms with van der Waals surface area (Å²) in [6.07, 6.45) is 2.93. The molecule has 1 aromatic heterocycles. The minimum absolute atomic E-state index is 0.0402. The Balaban J connectivity index is 1.83. The molecule has 10 heteroatoms. The molecule has 10 nitrogen and oxygen atoms in total. The van der Waals surface area contributed by atoms with Gasteiger partial charge in [0.25, 0.3) is 0 Å². The number of hydrogen-bond donors (Lipinski definition) is 1. The molecule has 2 aliphatic heterocycles. The smallest absolute Gasteiger partial charge is 0.326 e. The number of hydroxylamine groups is 2. The van der Waals surface area contributed by atoms with Gasteiger partial charge in [-0.3, -0.25) is 4.90 Å². The summed E-state index contributed by atoms with van der Waals surface area (Å²) in [7, 11) is 3.86. The van der Waals surface area contributed by atoms with Crippen molar-refractivity contribution in [1.29, 1.82) is 0 Å². The van der Waals surface area contributed by atoms with Gasteiger partial charge in [0.1, 0.15) is 18.8 Å². The number of aliphatic hydroxyl groups excluding tert-OH is 1. The molecule has 0 bridgehead atoms. The molecule has 0 amide bonds. The van der Waals surface area contributed by atoms with Crippen molar-refractivity contribution in [3.05, 3.63) is 0 Å². The molecule has 200 valence electrons. The Labute approximate surface area is 210 Å². The molecule has 1 aromatic rings. The summed E-state index contributed by atoms with van der Waals surface area (Å²) in [5, 5.41) is 11.2. The highest BCUT2D eigenvalue weighted by atomic mass is 16.7. The van der Waals surface area contributed by atoms with E-state index in [4.69, 9.17) is 19.0 Å². The largest absolute Gasteiger partial charge is 0.461 e. The molecule has 0 aromatic carbocycles. The molecule has 0 radical (unpaired) electrons. The normalized spacial score (nSPS) is 24.8. The van der Waals surface area contributed by atoms with E-state index in [-0.39, 0.29) is 65.6 Å². The molecule has 0 spiro atoms. The van der Waals surface area contributed by atoms with Gasteiger partial charge in [0.15, 0.2) is 0 Å². The zero-order valence-corrected chi connectivity index (χ0v) is 23.2. The van der Waals surface area contributed by atoms with Crippen LogP contribution in [0.25, 0.3) is 0 Å². The summed E-state index contributed by atoms with van der Waals surface area (Å²) >= 11 is 0. The molecule has 0 atom stereocenters. The van der Waals surface area contributed by atoms with Crippen LogP contribution in [0.2, 0.25) is 0 Å². The molecule has 1 N–H and O–H groups in total. The van der Waals surface area contributed by atoms with Gasteiger partial charge in [-0.1, -0.05) is 0 Å². The third-order valence-corrected chi connectivity index (χ3v) is 7.45. The lowest BCUT2D eigenvalue weighted by Crippen LogP contribution is -2.62. The van der Waals surface area contributed by atoms with Crippen LogP contribution >= 0.6 is 0 Å². The number of aromatic nitrogens is 3. The molecular weight excluding hydrogens is 450 g/mol. The number of aliphatic hydroxyl groups is 1. The predicted octanol–water partition coefficient (Wildman–Crippen LogP) is 3.23. The second-order valence-corrected chi connectivity index (χ2v) is 12.3. The van der Waals surface area contributed by atoms with Crippen LogP contribution in [0.4, 0.5) is 0 Å². The highest BCUT2D eigenvalue weighted by molar-refractivity contribution is 5.12. The lowest BCUT2D eigenvalue weighted by atomic mass is 9.79. The van der Waals surface area contributed by atoms with Gasteiger partial charge < -0.3 is 24.2 Å². The van der Waals surface area contributed by atoms with Crippen molar-refractivity contribution in [1.82, 2.24) is 24.9 Å². The summed E-state index contributed by atoms with van der Waals surface area (Å²) in [6, 6.07) is 0.423. The Morgan fingerprint density at radius 3 is 1.54 bits per heavy atom. The van der Waals surface area contributed by atoms with E-state index >= 15 is 0 Å². The average Bonchev–Trinajstić information content (AvgIpc) is 2.68. The van der Waals surface area contributed by atoms with Crippen molar-refractivity contribution >= 4 is 0 Å². The van der Waals surface area contributed by atoms with Crippen molar-refractivity contribution in [2.45, 2.75) is 115 Å². The Morgan fingerprint density at radius 1 is 0.743 bits per heavy atom. The standard InChI is InChI=1S/C25H45N5O5/c1-22(2)13-17(14-23(3,4)29(22)9)34-20-26-19(33-12-11-31)27-21(28-20)35-18-15-24(5,6)30(32-10)25(7,8)16-18/h17-18,31H,11-16H2,1-10H3. The average molecular weight is 496 g/mol. The van der Waals surface area contributed by atoms with Gasteiger partial charge in [0, 0.05) is 47.8 Å². The van der Waals surface area contributed by atoms with Crippen molar-refractivity contribution in [2.24, 2.45) is 0 Å². The minimum Gasteiger partial charge on any atom is -0.461 e. The number of nitrogens with zero attached hydrogens (tertiary/aromatic N) is 5. The van der Waals surface area contributed by atoms with Crippen molar-refractivity contribution in [3.63, 3.8) is 0 Å². The van der Waals surface area contributed by atoms with Crippen LogP contribution in [0, 0.1) is 0 Å². The maximum Gasteiger partial charge on any atom is 0.326 e. The highest BCUT2D eigenvalue weighted by Gasteiger charge is 2.47. The van der Waals surface area contributed by atoms with E-state index in [2.05, 4.69) is 82.3 Å². The van der Waals surface area contributed by atoms with Gasteiger partial charge in [-0.15, -0.1) is 15.0 Å². The molecule has 2 saturated heterocycles. The fourth-order valence-electron chi connectivity index (χ4n) is 6.04. The Bertz CT molecular complexity index is 840.